The molecule has 0 saturated heterocycles. The van der Waals surface area contributed by atoms with E-state index >= 15 is 0 Å². The van der Waals surface area contributed by atoms with Gasteiger partial charge in [-0.15, -0.1) is 0 Å². The van der Waals surface area contributed by atoms with Gasteiger partial charge in [0.2, 0.25) is 0 Å². The number of hydrogen-bond acceptors (Lipinski definition) is 4. The van der Waals surface area contributed by atoms with Crippen LogP contribution in [0.1, 0.15) is 39.2 Å². The molecule has 152 valence electrons. The Bertz CT molecular complexity index is 1100. The van der Waals surface area contributed by atoms with Crippen LogP contribution < -0.4 is 10.6 Å². The topological polar surface area (TPSA) is 101 Å². The first-order valence-corrected chi connectivity index (χ1v) is 9.44. The molecule has 7 nitrogen and oxygen atoms in total. The van der Waals surface area contributed by atoms with E-state index in [0.717, 1.165) is 11.6 Å². The number of nitrogens with one attached hydrogen (secondary N) is 2. The molecular weight excluding hydrogens is 406 g/mol. The van der Waals surface area contributed by atoms with Gasteiger partial charge in [0.15, 0.2) is 0 Å². The van der Waals surface area contributed by atoms with Crippen molar-refractivity contribution < 1.29 is 14.5 Å². The van der Waals surface area contributed by atoms with Crippen molar-refractivity contribution in [3.8, 4) is 0 Å². The molecule has 30 heavy (non-hydrogen) atoms. The van der Waals surface area contributed by atoms with E-state index in [9.17, 15) is 19.7 Å². The van der Waals surface area contributed by atoms with E-state index in [1.54, 1.807) is 24.3 Å². The zero-order chi connectivity index (χ0) is 21.7. The molecule has 0 radical (unpaired) electrons. The highest BCUT2D eigenvalue weighted by atomic mass is 35.5. The second kappa shape index (κ2) is 9.19. The minimum Gasteiger partial charge on any atom is -0.345 e. The minimum atomic E-state index is -0.661. The second-order valence-electron chi connectivity index (χ2n) is 6.53. The molecule has 1 atom stereocenters. The molecule has 2 amide bonds. The standard InChI is InChI=1S/C22H18ClN3O4/c1-14(15-7-3-2-4-8-15)24-22(28)17-9-5-6-10-19(17)25-21(27)16-11-12-18(23)20(13-16)26(29)30/h2-14H,1H3,(H,24,28)(H,25,27). The molecule has 0 fully saturated rings. The summed E-state index contributed by atoms with van der Waals surface area (Å²) in [5.74, 6) is -0.949. The summed E-state index contributed by atoms with van der Waals surface area (Å²) in [5.41, 5.74) is 1.20. The van der Waals surface area contributed by atoms with Gasteiger partial charge in [-0.1, -0.05) is 54.1 Å². The van der Waals surface area contributed by atoms with Crippen LogP contribution in [0.2, 0.25) is 5.02 Å². The van der Waals surface area contributed by atoms with Crippen molar-refractivity contribution in [2.75, 3.05) is 5.32 Å². The zero-order valence-electron chi connectivity index (χ0n) is 16.0. The SMILES string of the molecule is CC(NC(=O)c1ccccc1NC(=O)c1ccc(Cl)c([N+](=O)[O-])c1)c1ccccc1. The normalized spacial score (nSPS) is 11.4. The van der Waals surface area contributed by atoms with E-state index in [4.69, 9.17) is 11.6 Å². The molecule has 0 heterocycles. The maximum atomic E-state index is 12.8. The summed E-state index contributed by atoms with van der Waals surface area (Å²) in [4.78, 5) is 35.8. The summed E-state index contributed by atoms with van der Waals surface area (Å²) in [7, 11) is 0. The van der Waals surface area contributed by atoms with Gasteiger partial charge in [0.05, 0.1) is 22.2 Å². The third-order valence-corrected chi connectivity index (χ3v) is 4.79. The summed E-state index contributed by atoms with van der Waals surface area (Å²) in [5, 5.41) is 16.5. The van der Waals surface area contributed by atoms with Crippen LogP contribution >= 0.6 is 11.6 Å². The van der Waals surface area contributed by atoms with Gasteiger partial charge in [0, 0.05) is 11.6 Å². The molecule has 0 saturated carbocycles. The van der Waals surface area contributed by atoms with E-state index in [-0.39, 0.29) is 39.5 Å². The summed E-state index contributed by atoms with van der Waals surface area (Å²) in [6.07, 6.45) is 0. The molecule has 3 aromatic carbocycles. The van der Waals surface area contributed by atoms with E-state index in [1.165, 1.54) is 12.1 Å². The molecule has 2 N–H and O–H groups in total. The maximum absolute atomic E-state index is 12.8. The Morgan fingerprint density at radius 1 is 0.967 bits per heavy atom. The monoisotopic (exact) mass is 423 g/mol. The van der Waals surface area contributed by atoms with Crippen LogP contribution in [0.4, 0.5) is 11.4 Å². The molecule has 0 aliphatic carbocycles. The number of nitro benzene ring substituents is 1. The van der Waals surface area contributed by atoms with Gasteiger partial charge < -0.3 is 10.6 Å². The third kappa shape index (κ3) is 4.82. The van der Waals surface area contributed by atoms with Crippen molar-refractivity contribution in [1.82, 2.24) is 5.32 Å². The molecule has 0 spiro atoms. The molecule has 8 heteroatoms. The number of carbonyl (C=O) groups is 2. The van der Waals surface area contributed by atoms with Crippen LogP contribution in [-0.2, 0) is 0 Å². The average molecular weight is 424 g/mol. The van der Waals surface area contributed by atoms with Crippen molar-refractivity contribution in [1.29, 1.82) is 0 Å². The van der Waals surface area contributed by atoms with Gasteiger partial charge >= 0.3 is 0 Å². The minimum absolute atomic E-state index is 0.0546. The molecule has 0 aliphatic heterocycles. The van der Waals surface area contributed by atoms with Crippen LogP contribution in [0.15, 0.2) is 72.8 Å². The van der Waals surface area contributed by atoms with E-state index < -0.39 is 10.8 Å². The number of amides is 2. The molecule has 0 bridgehead atoms. The lowest BCUT2D eigenvalue weighted by molar-refractivity contribution is -0.384. The number of carbonyl (C=O) groups excluding carboxylic acids is 2. The first-order valence-electron chi connectivity index (χ1n) is 9.07. The number of benzene rings is 3. The summed E-state index contributed by atoms with van der Waals surface area (Å²) < 4.78 is 0. The number of halogens is 1. The Balaban J connectivity index is 1.80. The average Bonchev–Trinajstić information content (AvgIpc) is 2.74. The highest BCUT2D eigenvalue weighted by Gasteiger charge is 2.19. The number of rotatable bonds is 6. The van der Waals surface area contributed by atoms with Crippen LogP contribution in [0.25, 0.3) is 0 Å². The highest BCUT2D eigenvalue weighted by Crippen LogP contribution is 2.26. The Morgan fingerprint density at radius 3 is 2.33 bits per heavy atom. The fourth-order valence-electron chi connectivity index (χ4n) is 2.88. The molecule has 0 aromatic heterocycles. The fourth-order valence-corrected chi connectivity index (χ4v) is 3.06. The van der Waals surface area contributed by atoms with Crippen LogP contribution in [0.5, 0.6) is 0 Å². The number of anilines is 1. The Morgan fingerprint density at radius 2 is 1.63 bits per heavy atom. The van der Waals surface area contributed by atoms with Crippen molar-refractivity contribution >= 4 is 34.8 Å². The van der Waals surface area contributed by atoms with Crippen LogP contribution in [0, 0.1) is 10.1 Å². The summed E-state index contributed by atoms with van der Waals surface area (Å²) in [6, 6.07) is 19.6. The lowest BCUT2D eigenvalue weighted by Gasteiger charge is -2.16. The number of hydrogen-bond donors (Lipinski definition) is 2. The predicted molar refractivity (Wildman–Crippen MR) is 115 cm³/mol. The molecular formula is C22H18ClN3O4. The lowest BCUT2D eigenvalue weighted by atomic mass is 10.1. The second-order valence-corrected chi connectivity index (χ2v) is 6.94. The Labute approximate surface area is 177 Å². The molecule has 1 unspecified atom stereocenters. The Kier molecular flexibility index (Phi) is 6.44. The van der Waals surface area contributed by atoms with Crippen LogP contribution in [-0.4, -0.2) is 16.7 Å². The summed E-state index contributed by atoms with van der Waals surface area (Å²) >= 11 is 5.80. The highest BCUT2D eigenvalue weighted by molar-refractivity contribution is 6.32. The van der Waals surface area contributed by atoms with Gasteiger partial charge in [0.1, 0.15) is 5.02 Å². The van der Waals surface area contributed by atoms with Crippen molar-refractivity contribution in [3.63, 3.8) is 0 Å². The first-order chi connectivity index (χ1) is 14.4. The smallest absolute Gasteiger partial charge is 0.288 e. The van der Waals surface area contributed by atoms with Crippen molar-refractivity contribution in [2.45, 2.75) is 13.0 Å². The number of para-hydroxylation sites is 1. The van der Waals surface area contributed by atoms with Crippen molar-refractivity contribution in [3.05, 3.63) is 105 Å². The summed E-state index contributed by atoms with van der Waals surface area (Å²) in [6.45, 7) is 1.86. The maximum Gasteiger partial charge on any atom is 0.288 e. The van der Waals surface area contributed by atoms with Gasteiger partial charge in [-0.25, -0.2) is 0 Å². The Hall–Kier alpha value is -3.71. The third-order valence-electron chi connectivity index (χ3n) is 4.47. The number of nitro groups is 1. The molecule has 3 rings (SSSR count). The van der Waals surface area contributed by atoms with Gasteiger partial charge in [-0.05, 0) is 36.8 Å². The van der Waals surface area contributed by atoms with E-state index in [1.807, 2.05) is 37.3 Å². The van der Waals surface area contributed by atoms with Gasteiger partial charge in [0.25, 0.3) is 17.5 Å². The van der Waals surface area contributed by atoms with Crippen LogP contribution in [0.3, 0.4) is 0 Å². The first kappa shape index (κ1) is 21.0. The van der Waals surface area contributed by atoms with E-state index in [2.05, 4.69) is 10.6 Å². The molecule has 3 aromatic rings. The predicted octanol–water partition coefficient (Wildman–Crippen LogP) is 4.99. The quantitative estimate of drug-likeness (QED) is 0.430. The fraction of sp³-hybridized carbons (Fsp3) is 0.0909. The lowest BCUT2D eigenvalue weighted by Crippen LogP contribution is -2.28. The zero-order valence-corrected chi connectivity index (χ0v) is 16.7. The van der Waals surface area contributed by atoms with E-state index in [0.29, 0.717) is 0 Å². The largest absolute Gasteiger partial charge is 0.345 e. The molecule has 0 aliphatic rings. The van der Waals surface area contributed by atoms with Gasteiger partial charge in [-0.2, -0.15) is 0 Å². The number of nitrogens with zero attached hydrogens (tertiary/aromatic N) is 1. The van der Waals surface area contributed by atoms with Crippen molar-refractivity contribution in [2.24, 2.45) is 0 Å². The van der Waals surface area contributed by atoms with Gasteiger partial charge in [-0.3, -0.25) is 19.7 Å².